The van der Waals surface area contributed by atoms with E-state index in [9.17, 15) is 0 Å². The summed E-state index contributed by atoms with van der Waals surface area (Å²) in [5.41, 5.74) is 2.42. The maximum absolute atomic E-state index is 5.33. The Balaban J connectivity index is 1.73. The molecule has 0 aromatic heterocycles. The Labute approximate surface area is 143 Å². The van der Waals surface area contributed by atoms with Crippen molar-refractivity contribution in [2.45, 2.75) is 19.5 Å². The Hall–Kier alpha value is -2.52. The number of nitrogens with one attached hydrogen (secondary N) is 1. The molecular formula is C21H23NO2. The average Bonchev–Trinajstić information content (AvgIpc) is 2.65. The van der Waals surface area contributed by atoms with E-state index in [0.29, 0.717) is 0 Å². The lowest BCUT2D eigenvalue weighted by Crippen LogP contribution is -2.18. The highest BCUT2D eigenvalue weighted by molar-refractivity contribution is 5.83. The molecule has 3 aromatic rings. The van der Waals surface area contributed by atoms with Crippen LogP contribution in [0.2, 0.25) is 0 Å². The standard InChI is InChI=1S/C21H23NO2/c1-15(18-9-8-17-6-4-5-7-19(17)12-18)22-14-16-10-20(23-2)13-21(11-16)24-3/h4-13,15,22H,14H2,1-3H3. The van der Waals surface area contributed by atoms with E-state index in [2.05, 4.69) is 54.7 Å². The Bertz CT molecular complexity index is 807. The fourth-order valence-electron chi connectivity index (χ4n) is 2.83. The highest BCUT2D eigenvalue weighted by Crippen LogP contribution is 2.24. The molecule has 3 rings (SSSR count). The molecule has 1 N–H and O–H groups in total. The van der Waals surface area contributed by atoms with Crippen LogP contribution in [0.25, 0.3) is 10.8 Å². The highest BCUT2D eigenvalue weighted by atomic mass is 16.5. The van der Waals surface area contributed by atoms with Crippen LogP contribution in [0.1, 0.15) is 24.1 Å². The number of hydrogen-bond donors (Lipinski definition) is 1. The van der Waals surface area contributed by atoms with Crippen LogP contribution >= 0.6 is 0 Å². The minimum Gasteiger partial charge on any atom is -0.497 e. The van der Waals surface area contributed by atoms with Crippen LogP contribution in [0.5, 0.6) is 11.5 Å². The summed E-state index contributed by atoms with van der Waals surface area (Å²) in [6.45, 7) is 2.93. The molecule has 3 nitrogen and oxygen atoms in total. The van der Waals surface area contributed by atoms with Crippen molar-refractivity contribution in [2.75, 3.05) is 14.2 Å². The van der Waals surface area contributed by atoms with Crippen LogP contribution < -0.4 is 14.8 Å². The van der Waals surface area contributed by atoms with E-state index in [4.69, 9.17) is 9.47 Å². The molecule has 24 heavy (non-hydrogen) atoms. The summed E-state index contributed by atoms with van der Waals surface area (Å²) in [6.07, 6.45) is 0. The summed E-state index contributed by atoms with van der Waals surface area (Å²) in [5, 5.41) is 6.11. The van der Waals surface area contributed by atoms with Crippen LogP contribution in [-0.4, -0.2) is 14.2 Å². The summed E-state index contributed by atoms with van der Waals surface area (Å²) in [7, 11) is 3.34. The van der Waals surface area contributed by atoms with E-state index in [-0.39, 0.29) is 6.04 Å². The number of fused-ring (bicyclic) bond motifs is 1. The molecule has 0 amide bonds. The van der Waals surface area contributed by atoms with Gasteiger partial charge in [-0.25, -0.2) is 0 Å². The monoisotopic (exact) mass is 321 g/mol. The summed E-state index contributed by atoms with van der Waals surface area (Å²) >= 11 is 0. The zero-order valence-corrected chi connectivity index (χ0v) is 14.4. The first-order chi connectivity index (χ1) is 11.7. The largest absolute Gasteiger partial charge is 0.497 e. The molecule has 1 unspecified atom stereocenters. The normalized spacial score (nSPS) is 12.1. The first kappa shape index (κ1) is 16.3. The van der Waals surface area contributed by atoms with Gasteiger partial charge in [0.15, 0.2) is 0 Å². The second-order valence-corrected chi connectivity index (χ2v) is 5.93. The van der Waals surface area contributed by atoms with Gasteiger partial charge in [-0.3, -0.25) is 0 Å². The van der Waals surface area contributed by atoms with Crippen LogP contribution in [-0.2, 0) is 6.54 Å². The molecule has 0 fully saturated rings. The average molecular weight is 321 g/mol. The summed E-state index contributed by atoms with van der Waals surface area (Å²) < 4.78 is 10.7. The highest BCUT2D eigenvalue weighted by Gasteiger charge is 2.07. The molecule has 0 spiro atoms. The van der Waals surface area contributed by atoms with Crippen molar-refractivity contribution in [3.8, 4) is 11.5 Å². The third-order valence-electron chi connectivity index (χ3n) is 4.30. The molecule has 0 saturated carbocycles. The molecule has 0 bridgehead atoms. The van der Waals surface area contributed by atoms with E-state index in [1.165, 1.54) is 16.3 Å². The molecule has 0 radical (unpaired) electrons. The van der Waals surface area contributed by atoms with Crippen molar-refractivity contribution < 1.29 is 9.47 Å². The fraction of sp³-hybridized carbons (Fsp3) is 0.238. The first-order valence-corrected chi connectivity index (χ1v) is 8.13. The lowest BCUT2D eigenvalue weighted by molar-refractivity contribution is 0.392. The van der Waals surface area contributed by atoms with Crippen molar-refractivity contribution in [3.05, 3.63) is 71.8 Å². The summed E-state index contributed by atoms with van der Waals surface area (Å²) in [4.78, 5) is 0. The van der Waals surface area contributed by atoms with Gasteiger partial charge < -0.3 is 14.8 Å². The number of rotatable bonds is 6. The van der Waals surface area contributed by atoms with Gasteiger partial charge in [0, 0.05) is 18.7 Å². The Morgan fingerprint density at radius 1 is 0.833 bits per heavy atom. The molecule has 0 heterocycles. The maximum Gasteiger partial charge on any atom is 0.122 e. The van der Waals surface area contributed by atoms with Crippen LogP contribution in [0.3, 0.4) is 0 Å². The van der Waals surface area contributed by atoms with Crippen molar-refractivity contribution in [1.29, 1.82) is 0 Å². The molecule has 0 saturated heterocycles. The minimum atomic E-state index is 0.256. The predicted octanol–water partition coefficient (Wildman–Crippen LogP) is 4.71. The molecule has 0 aliphatic carbocycles. The SMILES string of the molecule is COc1cc(CNC(C)c2ccc3ccccc3c2)cc(OC)c1. The molecule has 3 heteroatoms. The van der Waals surface area contributed by atoms with Crippen LogP contribution in [0, 0.1) is 0 Å². The molecule has 0 aliphatic heterocycles. The van der Waals surface area contributed by atoms with E-state index in [1.54, 1.807) is 14.2 Å². The van der Waals surface area contributed by atoms with Crippen molar-refractivity contribution in [3.63, 3.8) is 0 Å². The van der Waals surface area contributed by atoms with Gasteiger partial charge in [-0.1, -0.05) is 36.4 Å². The third kappa shape index (κ3) is 3.69. The van der Waals surface area contributed by atoms with Crippen LogP contribution in [0.15, 0.2) is 60.7 Å². The van der Waals surface area contributed by atoms with E-state index in [1.807, 2.05) is 18.2 Å². The van der Waals surface area contributed by atoms with Gasteiger partial charge in [-0.05, 0) is 47.0 Å². The minimum absolute atomic E-state index is 0.256. The Morgan fingerprint density at radius 3 is 2.17 bits per heavy atom. The smallest absolute Gasteiger partial charge is 0.122 e. The second-order valence-electron chi connectivity index (χ2n) is 5.93. The Kier molecular flexibility index (Phi) is 5.02. The Morgan fingerprint density at radius 2 is 1.50 bits per heavy atom. The topological polar surface area (TPSA) is 30.5 Å². The van der Waals surface area contributed by atoms with Gasteiger partial charge in [0.05, 0.1) is 14.2 Å². The van der Waals surface area contributed by atoms with Gasteiger partial charge in [0.1, 0.15) is 11.5 Å². The molecule has 1 atom stereocenters. The maximum atomic E-state index is 5.33. The zero-order valence-electron chi connectivity index (χ0n) is 14.4. The van der Waals surface area contributed by atoms with Gasteiger partial charge in [0.25, 0.3) is 0 Å². The first-order valence-electron chi connectivity index (χ1n) is 8.13. The lowest BCUT2D eigenvalue weighted by Gasteiger charge is -2.16. The van der Waals surface area contributed by atoms with Crippen molar-refractivity contribution >= 4 is 10.8 Å². The number of methoxy groups -OCH3 is 2. The summed E-state index contributed by atoms with van der Waals surface area (Å²) in [6, 6.07) is 21.3. The summed E-state index contributed by atoms with van der Waals surface area (Å²) in [5.74, 6) is 1.62. The number of ether oxygens (including phenoxy) is 2. The molecule has 0 aliphatic rings. The lowest BCUT2D eigenvalue weighted by atomic mass is 10.0. The van der Waals surface area contributed by atoms with Gasteiger partial charge in [0.2, 0.25) is 0 Å². The van der Waals surface area contributed by atoms with Gasteiger partial charge in [-0.15, -0.1) is 0 Å². The third-order valence-corrected chi connectivity index (χ3v) is 4.30. The van der Waals surface area contributed by atoms with E-state index in [0.717, 1.165) is 23.6 Å². The number of hydrogen-bond acceptors (Lipinski definition) is 3. The van der Waals surface area contributed by atoms with Gasteiger partial charge >= 0.3 is 0 Å². The van der Waals surface area contributed by atoms with E-state index < -0.39 is 0 Å². The zero-order chi connectivity index (χ0) is 16.9. The molecular weight excluding hydrogens is 298 g/mol. The number of benzene rings is 3. The predicted molar refractivity (Wildman–Crippen MR) is 98.7 cm³/mol. The van der Waals surface area contributed by atoms with Crippen molar-refractivity contribution in [1.82, 2.24) is 5.32 Å². The van der Waals surface area contributed by atoms with Crippen LogP contribution in [0.4, 0.5) is 0 Å². The second kappa shape index (κ2) is 7.37. The van der Waals surface area contributed by atoms with Gasteiger partial charge in [-0.2, -0.15) is 0 Å². The molecule has 124 valence electrons. The quantitative estimate of drug-likeness (QED) is 0.713. The fourth-order valence-corrected chi connectivity index (χ4v) is 2.83. The van der Waals surface area contributed by atoms with Crippen molar-refractivity contribution in [2.24, 2.45) is 0 Å². The van der Waals surface area contributed by atoms with E-state index >= 15 is 0 Å². The molecule has 3 aromatic carbocycles.